The van der Waals surface area contributed by atoms with Gasteiger partial charge in [0.1, 0.15) is 0 Å². The molecule has 0 bridgehead atoms. The van der Waals surface area contributed by atoms with Crippen molar-refractivity contribution in [3.63, 3.8) is 0 Å². The normalized spacial score (nSPS) is 26.5. The zero-order valence-electron chi connectivity index (χ0n) is 9.79. The highest BCUT2D eigenvalue weighted by molar-refractivity contribution is 5.70. The molecule has 3 nitrogen and oxygen atoms in total. The summed E-state index contributed by atoms with van der Waals surface area (Å²) in [4.78, 5) is 0. The van der Waals surface area contributed by atoms with Crippen molar-refractivity contribution in [2.45, 2.75) is 46.3 Å². The van der Waals surface area contributed by atoms with Crippen molar-refractivity contribution in [3.8, 4) is 0 Å². The van der Waals surface area contributed by atoms with E-state index in [0.717, 1.165) is 17.8 Å². The number of hydrogen-bond acceptors (Lipinski definition) is 2. The standard InChI is InChI=1S/C12H18N2O/c1-7-5-11(6-8(2)15-7)12-9(3)13-14-10(12)4/h5,7-8H,6H2,1-4H3,(H,13,14). The molecule has 82 valence electrons. The molecule has 1 aromatic rings. The molecular weight excluding hydrogens is 188 g/mol. The Bertz CT molecular complexity index is 373. The van der Waals surface area contributed by atoms with E-state index in [2.05, 4.69) is 37.0 Å². The van der Waals surface area contributed by atoms with E-state index >= 15 is 0 Å². The first kappa shape index (κ1) is 10.4. The molecule has 3 heteroatoms. The maximum Gasteiger partial charge on any atom is 0.0737 e. The molecule has 0 spiro atoms. The number of ether oxygens (including phenoxy) is 1. The fraction of sp³-hybridized carbons (Fsp3) is 0.583. The minimum absolute atomic E-state index is 0.206. The third kappa shape index (κ3) is 1.97. The minimum atomic E-state index is 0.206. The second-order valence-corrected chi connectivity index (χ2v) is 4.36. The molecular formula is C12H18N2O. The van der Waals surface area contributed by atoms with E-state index in [1.54, 1.807) is 0 Å². The quantitative estimate of drug-likeness (QED) is 0.767. The first-order valence-electron chi connectivity index (χ1n) is 5.46. The third-order valence-electron chi connectivity index (χ3n) is 2.84. The number of H-pyrrole nitrogens is 1. The Labute approximate surface area is 90.5 Å². The number of nitrogens with zero attached hydrogens (tertiary/aromatic N) is 1. The van der Waals surface area contributed by atoms with Crippen LogP contribution in [0.5, 0.6) is 0 Å². The molecule has 1 N–H and O–H groups in total. The number of rotatable bonds is 1. The molecule has 1 aromatic heterocycles. The molecule has 1 aliphatic rings. The van der Waals surface area contributed by atoms with Crippen LogP contribution in [0.15, 0.2) is 6.08 Å². The van der Waals surface area contributed by atoms with Gasteiger partial charge in [-0.15, -0.1) is 0 Å². The van der Waals surface area contributed by atoms with Gasteiger partial charge in [-0.2, -0.15) is 5.10 Å². The van der Waals surface area contributed by atoms with Crippen molar-refractivity contribution in [1.29, 1.82) is 0 Å². The van der Waals surface area contributed by atoms with E-state index in [1.807, 2.05) is 6.92 Å². The Kier molecular flexibility index (Phi) is 2.65. The lowest BCUT2D eigenvalue weighted by Crippen LogP contribution is -2.21. The van der Waals surface area contributed by atoms with Crippen molar-refractivity contribution < 1.29 is 4.74 Å². The van der Waals surface area contributed by atoms with E-state index in [4.69, 9.17) is 4.74 Å². The average molecular weight is 206 g/mol. The van der Waals surface area contributed by atoms with Gasteiger partial charge < -0.3 is 4.74 Å². The van der Waals surface area contributed by atoms with Crippen LogP contribution in [0.1, 0.15) is 37.2 Å². The van der Waals surface area contributed by atoms with Crippen molar-refractivity contribution in [1.82, 2.24) is 10.2 Å². The zero-order chi connectivity index (χ0) is 11.0. The minimum Gasteiger partial charge on any atom is -0.371 e. The van der Waals surface area contributed by atoms with E-state index < -0.39 is 0 Å². The van der Waals surface area contributed by atoms with Crippen molar-refractivity contribution >= 4 is 5.57 Å². The Hall–Kier alpha value is -1.09. The second-order valence-electron chi connectivity index (χ2n) is 4.36. The molecule has 0 radical (unpaired) electrons. The predicted octanol–water partition coefficient (Wildman–Crippen LogP) is 2.61. The van der Waals surface area contributed by atoms with Gasteiger partial charge in [-0.3, -0.25) is 5.10 Å². The van der Waals surface area contributed by atoms with Crippen LogP contribution in [-0.4, -0.2) is 22.4 Å². The van der Waals surface area contributed by atoms with Crippen LogP contribution in [0.4, 0.5) is 0 Å². The number of hydrogen-bond donors (Lipinski definition) is 1. The lowest BCUT2D eigenvalue weighted by molar-refractivity contribution is 0.0304. The van der Waals surface area contributed by atoms with Crippen LogP contribution in [0.2, 0.25) is 0 Å². The summed E-state index contributed by atoms with van der Waals surface area (Å²) >= 11 is 0. The molecule has 0 saturated heterocycles. The molecule has 2 unspecified atom stereocenters. The summed E-state index contributed by atoms with van der Waals surface area (Å²) in [7, 11) is 0. The molecule has 2 heterocycles. The van der Waals surface area contributed by atoms with E-state index in [1.165, 1.54) is 11.1 Å². The van der Waals surface area contributed by atoms with Crippen LogP contribution in [0.25, 0.3) is 5.57 Å². The summed E-state index contributed by atoms with van der Waals surface area (Å²) in [6.45, 7) is 8.32. The maximum absolute atomic E-state index is 5.69. The van der Waals surface area contributed by atoms with Crippen LogP contribution >= 0.6 is 0 Å². The topological polar surface area (TPSA) is 37.9 Å². The van der Waals surface area contributed by atoms with Gasteiger partial charge in [0.2, 0.25) is 0 Å². The highest BCUT2D eigenvalue weighted by Gasteiger charge is 2.20. The Balaban J connectivity index is 2.38. The van der Waals surface area contributed by atoms with Gasteiger partial charge in [0, 0.05) is 11.3 Å². The molecule has 15 heavy (non-hydrogen) atoms. The zero-order valence-corrected chi connectivity index (χ0v) is 9.79. The van der Waals surface area contributed by atoms with Crippen molar-refractivity contribution in [2.75, 3.05) is 0 Å². The summed E-state index contributed by atoms with van der Waals surface area (Å²) in [6, 6.07) is 0. The van der Waals surface area contributed by atoms with Crippen LogP contribution in [0.3, 0.4) is 0 Å². The summed E-state index contributed by atoms with van der Waals surface area (Å²) in [5.41, 5.74) is 4.88. The molecule has 2 atom stereocenters. The molecule has 0 aromatic carbocycles. The van der Waals surface area contributed by atoms with E-state index in [0.29, 0.717) is 6.10 Å². The second kappa shape index (κ2) is 3.81. The van der Waals surface area contributed by atoms with Gasteiger partial charge in [0.05, 0.1) is 17.9 Å². The first-order chi connectivity index (χ1) is 7.08. The molecule has 0 aliphatic carbocycles. The summed E-state index contributed by atoms with van der Waals surface area (Å²) in [5.74, 6) is 0. The number of nitrogens with one attached hydrogen (secondary N) is 1. The van der Waals surface area contributed by atoms with Gasteiger partial charge in [-0.1, -0.05) is 6.08 Å². The largest absolute Gasteiger partial charge is 0.371 e. The fourth-order valence-corrected chi connectivity index (χ4v) is 2.32. The lowest BCUT2D eigenvalue weighted by atomic mass is 9.95. The number of aromatic amines is 1. The Morgan fingerprint density at radius 1 is 1.40 bits per heavy atom. The smallest absolute Gasteiger partial charge is 0.0737 e. The summed E-state index contributed by atoms with van der Waals surface area (Å²) in [5, 5.41) is 7.27. The maximum atomic E-state index is 5.69. The van der Waals surface area contributed by atoms with E-state index in [-0.39, 0.29) is 6.10 Å². The Morgan fingerprint density at radius 3 is 2.67 bits per heavy atom. The van der Waals surface area contributed by atoms with E-state index in [9.17, 15) is 0 Å². The number of aromatic nitrogens is 2. The fourth-order valence-electron chi connectivity index (χ4n) is 2.32. The summed E-state index contributed by atoms with van der Waals surface area (Å²) < 4.78 is 5.69. The lowest BCUT2D eigenvalue weighted by Gasteiger charge is -2.25. The molecule has 1 aliphatic heterocycles. The van der Waals surface area contributed by atoms with Gasteiger partial charge in [-0.25, -0.2) is 0 Å². The predicted molar refractivity (Wildman–Crippen MR) is 60.7 cm³/mol. The Morgan fingerprint density at radius 2 is 2.13 bits per heavy atom. The monoisotopic (exact) mass is 206 g/mol. The number of aryl methyl sites for hydroxylation is 2. The highest BCUT2D eigenvalue weighted by atomic mass is 16.5. The summed E-state index contributed by atoms with van der Waals surface area (Å²) in [6.07, 6.45) is 3.68. The molecule has 0 fully saturated rings. The van der Waals surface area contributed by atoms with Gasteiger partial charge in [-0.05, 0) is 39.7 Å². The molecule has 0 amide bonds. The first-order valence-corrected chi connectivity index (χ1v) is 5.46. The van der Waals surface area contributed by atoms with Gasteiger partial charge >= 0.3 is 0 Å². The molecule has 0 saturated carbocycles. The van der Waals surface area contributed by atoms with Crippen LogP contribution < -0.4 is 0 Å². The highest BCUT2D eigenvalue weighted by Crippen LogP contribution is 2.30. The van der Waals surface area contributed by atoms with Gasteiger partial charge in [0.25, 0.3) is 0 Å². The van der Waals surface area contributed by atoms with Gasteiger partial charge in [0.15, 0.2) is 0 Å². The SMILES string of the molecule is Cc1n[nH]c(C)c1C1=CC(C)OC(C)C1. The third-order valence-corrected chi connectivity index (χ3v) is 2.84. The van der Waals surface area contributed by atoms with Crippen LogP contribution in [-0.2, 0) is 4.74 Å². The van der Waals surface area contributed by atoms with Crippen molar-refractivity contribution in [3.05, 3.63) is 23.0 Å². The molecule has 2 rings (SSSR count). The average Bonchev–Trinajstić information content (AvgIpc) is 2.44. The van der Waals surface area contributed by atoms with Crippen molar-refractivity contribution in [2.24, 2.45) is 0 Å². The van der Waals surface area contributed by atoms with Crippen LogP contribution in [0, 0.1) is 13.8 Å².